The van der Waals surface area contributed by atoms with Gasteiger partial charge in [-0.15, -0.1) is 0 Å². The molecule has 1 aromatic heterocycles. The van der Waals surface area contributed by atoms with Crippen LogP contribution >= 0.6 is 0 Å². The zero-order chi connectivity index (χ0) is 14.8. The number of methoxy groups -OCH3 is 1. The molecule has 3 rings (SSSR count). The molecule has 0 saturated carbocycles. The van der Waals surface area contributed by atoms with E-state index in [0.29, 0.717) is 11.4 Å². The van der Waals surface area contributed by atoms with Crippen LogP contribution in [0.15, 0.2) is 47.1 Å². The molecule has 0 spiro atoms. The molecule has 1 aliphatic rings. The third kappa shape index (κ3) is 2.35. The van der Waals surface area contributed by atoms with Crippen molar-refractivity contribution in [3.63, 3.8) is 0 Å². The number of hydrogen-bond donors (Lipinski definition) is 0. The van der Waals surface area contributed by atoms with Gasteiger partial charge in [-0.05, 0) is 24.3 Å². The molecule has 6 nitrogen and oxygen atoms in total. The van der Waals surface area contributed by atoms with Gasteiger partial charge in [0.25, 0.3) is 5.91 Å². The normalized spacial score (nSPS) is 16.8. The zero-order valence-electron chi connectivity index (χ0n) is 11.3. The number of hydrogen-bond acceptors (Lipinski definition) is 5. The second kappa shape index (κ2) is 5.32. The maximum atomic E-state index is 12.5. The predicted octanol–water partition coefficient (Wildman–Crippen LogP) is 1.86. The highest BCUT2D eigenvalue weighted by atomic mass is 16.6. The summed E-state index contributed by atoms with van der Waals surface area (Å²) in [5.74, 6) is -0.194. The Hall–Kier alpha value is -2.76. The Bertz CT molecular complexity index is 664. The molecule has 2 aromatic rings. The first kappa shape index (κ1) is 13.2. The molecule has 0 radical (unpaired) electrons. The Kier molecular flexibility index (Phi) is 3.35. The van der Waals surface area contributed by atoms with Crippen molar-refractivity contribution < 1.29 is 23.5 Å². The summed E-state index contributed by atoms with van der Waals surface area (Å²) in [7, 11) is 1.28. The first-order valence-electron chi connectivity index (χ1n) is 6.39. The highest BCUT2D eigenvalue weighted by Gasteiger charge is 2.35. The number of ether oxygens (including phenoxy) is 2. The summed E-state index contributed by atoms with van der Waals surface area (Å²) < 4.78 is 15.4. The molecule has 0 fully saturated rings. The molecule has 1 amide bonds. The van der Waals surface area contributed by atoms with Crippen molar-refractivity contribution in [3.05, 3.63) is 48.4 Å². The van der Waals surface area contributed by atoms with E-state index in [-0.39, 0.29) is 18.2 Å². The van der Waals surface area contributed by atoms with Gasteiger partial charge in [-0.1, -0.05) is 12.1 Å². The molecule has 0 bridgehead atoms. The molecular weight excluding hydrogens is 274 g/mol. The lowest BCUT2D eigenvalue weighted by atomic mass is 10.1. The Morgan fingerprint density at radius 1 is 1.24 bits per heavy atom. The molecule has 21 heavy (non-hydrogen) atoms. The number of fused-ring (bicyclic) bond motifs is 1. The fraction of sp³-hybridized carbons (Fsp3) is 0.200. The molecule has 1 unspecified atom stereocenters. The van der Waals surface area contributed by atoms with Crippen molar-refractivity contribution >= 4 is 17.6 Å². The SMILES string of the molecule is COC(=O)C1CN(C(=O)c2ccco2)c2ccccc2O1. The van der Waals surface area contributed by atoms with Gasteiger partial charge >= 0.3 is 5.97 Å². The van der Waals surface area contributed by atoms with E-state index in [1.807, 2.05) is 0 Å². The molecule has 6 heteroatoms. The van der Waals surface area contributed by atoms with Gasteiger partial charge in [0.15, 0.2) is 5.76 Å². The van der Waals surface area contributed by atoms with Gasteiger partial charge in [-0.2, -0.15) is 0 Å². The topological polar surface area (TPSA) is 69.0 Å². The number of para-hydroxylation sites is 2. The molecule has 2 heterocycles. The molecule has 0 N–H and O–H groups in total. The number of carbonyl (C=O) groups excluding carboxylic acids is 2. The van der Waals surface area contributed by atoms with Gasteiger partial charge in [0.2, 0.25) is 6.10 Å². The Morgan fingerprint density at radius 2 is 2.05 bits per heavy atom. The Labute approximate surface area is 120 Å². The minimum atomic E-state index is -0.858. The summed E-state index contributed by atoms with van der Waals surface area (Å²) in [4.78, 5) is 25.7. The van der Waals surface area contributed by atoms with Crippen LogP contribution in [0.1, 0.15) is 10.6 Å². The summed E-state index contributed by atoms with van der Waals surface area (Å²) in [6.07, 6.45) is 0.570. The number of nitrogens with zero attached hydrogens (tertiary/aromatic N) is 1. The lowest BCUT2D eigenvalue weighted by Crippen LogP contribution is -2.47. The second-order valence-corrected chi connectivity index (χ2v) is 4.49. The van der Waals surface area contributed by atoms with E-state index in [4.69, 9.17) is 13.9 Å². The lowest BCUT2D eigenvalue weighted by molar-refractivity contribution is -0.148. The average Bonchev–Trinajstić information content (AvgIpc) is 3.06. The van der Waals surface area contributed by atoms with E-state index < -0.39 is 12.1 Å². The zero-order valence-corrected chi connectivity index (χ0v) is 11.3. The highest BCUT2D eigenvalue weighted by Crippen LogP contribution is 2.34. The summed E-state index contributed by atoms with van der Waals surface area (Å²) in [6, 6.07) is 10.2. The summed E-state index contributed by atoms with van der Waals surface area (Å²) >= 11 is 0. The number of amides is 1. The maximum absolute atomic E-state index is 12.5. The predicted molar refractivity (Wildman–Crippen MR) is 73.3 cm³/mol. The van der Waals surface area contributed by atoms with Crippen molar-refractivity contribution in [2.24, 2.45) is 0 Å². The van der Waals surface area contributed by atoms with Crippen molar-refractivity contribution in [2.45, 2.75) is 6.10 Å². The van der Waals surface area contributed by atoms with E-state index in [1.54, 1.807) is 36.4 Å². The number of esters is 1. The van der Waals surface area contributed by atoms with E-state index in [0.717, 1.165) is 0 Å². The third-order valence-electron chi connectivity index (χ3n) is 3.21. The number of benzene rings is 1. The third-order valence-corrected chi connectivity index (χ3v) is 3.21. The van der Waals surface area contributed by atoms with Gasteiger partial charge in [0, 0.05) is 0 Å². The monoisotopic (exact) mass is 287 g/mol. The van der Waals surface area contributed by atoms with E-state index in [1.165, 1.54) is 18.3 Å². The smallest absolute Gasteiger partial charge is 0.348 e. The van der Waals surface area contributed by atoms with Crippen LogP contribution in [0.5, 0.6) is 5.75 Å². The van der Waals surface area contributed by atoms with Crippen LogP contribution in [-0.4, -0.2) is 31.6 Å². The highest BCUT2D eigenvalue weighted by molar-refractivity contribution is 6.06. The molecule has 108 valence electrons. The fourth-order valence-electron chi connectivity index (χ4n) is 2.21. The van der Waals surface area contributed by atoms with Crippen LogP contribution in [0.25, 0.3) is 0 Å². The van der Waals surface area contributed by atoms with Crippen LogP contribution < -0.4 is 9.64 Å². The van der Waals surface area contributed by atoms with Crippen molar-refractivity contribution in [1.82, 2.24) is 0 Å². The van der Waals surface area contributed by atoms with Crippen LogP contribution in [0.3, 0.4) is 0 Å². The van der Waals surface area contributed by atoms with Gasteiger partial charge in [-0.3, -0.25) is 9.69 Å². The fourth-order valence-corrected chi connectivity index (χ4v) is 2.21. The minimum Gasteiger partial charge on any atom is -0.475 e. The van der Waals surface area contributed by atoms with Crippen LogP contribution in [0, 0.1) is 0 Å². The van der Waals surface area contributed by atoms with E-state index in [9.17, 15) is 9.59 Å². The first-order chi connectivity index (χ1) is 10.2. The molecule has 0 saturated heterocycles. The van der Waals surface area contributed by atoms with Crippen molar-refractivity contribution in [3.8, 4) is 5.75 Å². The molecule has 1 aromatic carbocycles. The summed E-state index contributed by atoms with van der Waals surface area (Å²) in [5.41, 5.74) is 0.596. The molecule has 0 aliphatic carbocycles. The lowest BCUT2D eigenvalue weighted by Gasteiger charge is -2.33. The van der Waals surface area contributed by atoms with Crippen molar-refractivity contribution in [2.75, 3.05) is 18.6 Å². The second-order valence-electron chi connectivity index (χ2n) is 4.49. The molecule has 1 aliphatic heterocycles. The van der Waals surface area contributed by atoms with Gasteiger partial charge in [-0.25, -0.2) is 4.79 Å². The number of furan rings is 1. The number of anilines is 1. The standard InChI is InChI=1S/C15H13NO5/c1-19-15(18)13-9-16(14(17)12-7-4-8-20-12)10-5-2-3-6-11(10)21-13/h2-8,13H,9H2,1H3. The largest absolute Gasteiger partial charge is 0.475 e. The Morgan fingerprint density at radius 3 is 2.76 bits per heavy atom. The van der Waals surface area contributed by atoms with Gasteiger partial charge < -0.3 is 13.9 Å². The molecular formula is C15H13NO5. The van der Waals surface area contributed by atoms with Crippen LogP contribution in [-0.2, 0) is 9.53 Å². The summed E-state index contributed by atoms with van der Waals surface area (Å²) in [6.45, 7) is 0.0726. The van der Waals surface area contributed by atoms with Crippen LogP contribution in [0.2, 0.25) is 0 Å². The summed E-state index contributed by atoms with van der Waals surface area (Å²) in [5, 5.41) is 0. The minimum absolute atomic E-state index is 0.0726. The van der Waals surface area contributed by atoms with E-state index in [2.05, 4.69) is 0 Å². The van der Waals surface area contributed by atoms with E-state index >= 15 is 0 Å². The Balaban J connectivity index is 1.98. The maximum Gasteiger partial charge on any atom is 0.348 e. The van der Waals surface area contributed by atoms with Crippen molar-refractivity contribution in [1.29, 1.82) is 0 Å². The first-order valence-corrected chi connectivity index (χ1v) is 6.39. The van der Waals surface area contributed by atoms with Gasteiger partial charge in [0.1, 0.15) is 5.75 Å². The van der Waals surface area contributed by atoms with Gasteiger partial charge in [0.05, 0.1) is 25.6 Å². The quantitative estimate of drug-likeness (QED) is 0.789. The number of rotatable bonds is 2. The van der Waals surface area contributed by atoms with Crippen LogP contribution in [0.4, 0.5) is 5.69 Å². The average molecular weight is 287 g/mol. The number of carbonyl (C=O) groups is 2. The molecule has 1 atom stereocenters.